The Morgan fingerprint density at radius 1 is 1.44 bits per heavy atom. The number of nitrogens with one attached hydrogen (secondary N) is 1. The van der Waals surface area contributed by atoms with Crippen molar-refractivity contribution in [3.05, 3.63) is 0 Å². The molecule has 0 spiro atoms. The van der Waals surface area contributed by atoms with E-state index in [9.17, 15) is 0 Å². The normalized spacial score (nSPS) is 29.6. The predicted molar refractivity (Wildman–Crippen MR) is 55.0 cm³/mol. The lowest BCUT2D eigenvalue weighted by Crippen LogP contribution is -2.33. The maximum absolute atomic E-state index is 3.39. The van der Waals surface area contributed by atoms with Gasteiger partial charge < -0.3 is 5.32 Å². The van der Waals surface area contributed by atoms with Crippen molar-refractivity contribution in [3.8, 4) is 0 Å². The van der Waals surface area contributed by atoms with Crippen molar-refractivity contribution in [2.24, 2.45) is 0 Å². The van der Waals surface area contributed by atoms with Crippen LogP contribution in [-0.4, -0.2) is 34.6 Å². The van der Waals surface area contributed by atoms with E-state index in [-0.39, 0.29) is 10.0 Å². The number of hydrogen-bond donors (Lipinski definition) is 1. The topological polar surface area (TPSA) is 12.0 Å². The third kappa shape index (κ3) is 2.27. The molecular weight excluding hydrogens is 245 g/mol. The van der Waals surface area contributed by atoms with Gasteiger partial charge in [0.2, 0.25) is 0 Å². The molecule has 9 heavy (non-hydrogen) atoms. The Hall–Kier alpha value is 1.04. The first-order valence-corrected chi connectivity index (χ1v) is 7.32. The Labute approximate surface area is 72.4 Å². The maximum atomic E-state index is 3.39. The molecule has 0 aromatic heterocycles. The fraction of sp³-hybridized carbons (Fsp3) is 1.00. The largest absolute Gasteiger partial charge is 0.315 e. The average Bonchev–Trinajstić information content (AvgIpc) is 1.90. The van der Waals surface area contributed by atoms with E-state index in [1.54, 1.807) is 0 Å². The molecule has 3 heteroatoms. The van der Waals surface area contributed by atoms with E-state index in [2.05, 4.69) is 34.2 Å². The van der Waals surface area contributed by atoms with Gasteiger partial charge in [-0.3, -0.25) is 0 Å². The van der Waals surface area contributed by atoms with Crippen molar-refractivity contribution in [1.29, 1.82) is 0 Å². The maximum Gasteiger partial charge on any atom is 0.0297 e. The Bertz CT molecular complexity index is 91.1. The van der Waals surface area contributed by atoms with Gasteiger partial charge in [0.1, 0.15) is 0 Å². The molecule has 1 rings (SSSR count). The molecule has 0 amide bonds. The average molecular weight is 259 g/mol. The molecule has 1 aliphatic heterocycles. The van der Waals surface area contributed by atoms with Crippen LogP contribution in [0.3, 0.4) is 0 Å². The second-order valence-corrected chi connectivity index (χ2v) is 8.61. The Morgan fingerprint density at radius 2 is 2.00 bits per heavy atom. The summed E-state index contributed by atoms with van der Waals surface area (Å²) in [4.78, 5) is 0. The zero-order valence-corrected chi connectivity index (χ0v) is 8.80. The van der Waals surface area contributed by atoms with Crippen LogP contribution in [0.4, 0.5) is 0 Å². The molecule has 1 N–H and O–H groups in total. The van der Waals surface area contributed by atoms with Crippen LogP contribution in [0.2, 0.25) is 0 Å². The summed E-state index contributed by atoms with van der Waals surface area (Å²) in [6.07, 6.45) is 2.47. The summed E-state index contributed by atoms with van der Waals surface area (Å²) in [6, 6.07) is 0. The van der Waals surface area contributed by atoms with Crippen LogP contribution in [0.25, 0.3) is 0 Å². The molecule has 1 heterocycles. The molecule has 1 aliphatic rings. The van der Waals surface area contributed by atoms with Crippen LogP contribution >= 0.6 is 32.6 Å². The molecule has 0 aromatic carbocycles. The van der Waals surface area contributed by atoms with E-state index in [0.717, 1.165) is 0 Å². The lowest BCUT2D eigenvalue weighted by molar-refractivity contribution is 0.749. The summed E-state index contributed by atoms with van der Waals surface area (Å²) >= 11 is 2.53. The van der Waals surface area contributed by atoms with E-state index in [1.807, 2.05) is 0 Å². The molecule has 56 valence electrons. The molecule has 0 saturated carbocycles. The summed E-state index contributed by atoms with van der Waals surface area (Å²) in [6.45, 7) is 2.52. The molecule has 1 fully saturated rings. The Balaban J connectivity index is 2.37. The lowest BCUT2D eigenvalue weighted by atomic mass is 10.6. The van der Waals surface area contributed by atoms with E-state index in [4.69, 9.17) is 0 Å². The predicted octanol–water partition coefficient (Wildman–Crippen LogP) is 1.42. The third-order valence-electron chi connectivity index (χ3n) is 1.81. The monoisotopic (exact) mass is 259 g/mol. The molecule has 1 nitrogen and oxygen atoms in total. The van der Waals surface area contributed by atoms with Gasteiger partial charge in [0.15, 0.2) is 0 Å². The van der Waals surface area contributed by atoms with Gasteiger partial charge in [0, 0.05) is 16.8 Å². The molecule has 0 aromatic rings. The Kier molecular flexibility index (Phi) is 3.11. The molecule has 0 aliphatic carbocycles. The van der Waals surface area contributed by atoms with Gasteiger partial charge in [0.05, 0.1) is 0 Å². The highest BCUT2D eigenvalue weighted by molar-refractivity contribution is 14.1. The zero-order chi connectivity index (χ0) is 6.74. The van der Waals surface area contributed by atoms with Gasteiger partial charge in [-0.05, 0) is 17.8 Å². The summed E-state index contributed by atoms with van der Waals surface area (Å²) in [7, 11) is -0.154. The van der Waals surface area contributed by atoms with Gasteiger partial charge in [-0.2, -0.15) is 0 Å². The fourth-order valence-electron chi connectivity index (χ4n) is 0.973. The summed E-state index contributed by atoms with van der Waals surface area (Å²) in [5.74, 6) is 2.88. The number of rotatable bonds is 1. The van der Waals surface area contributed by atoms with E-state index >= 15 is 0 Å². The summed E-state index contributed by atoms with van der Waals surface area (Å²) in [5.41, 5.74) is 0. The summed E-state index contributed by atoms with van der Waals surface area (Å²) in [5, 5.41) is 3.39. The molecule has 0 atom stereocenters. The van der Waals surface area contributed by atoms with Gasteiger partial charge in [0.25, 0.3) is 0 Å². The zero-order valence-electron chi connectivity index (χ0n) is 5.82. The highest BCUT2D eigenvalue weighted by atomic mass is 127. The van der Waals surface area contributed by atoms with Crippen LogP contribution in [0, 0.1) is 0 Å². The van der Waals surface area contributed by atoms with Crippen LogP contribution in [-0.2, 0) is 0 Å². The van der Waals surface area contributed by atoms with Gasteiger partial charge in [-0.15, -0.1) is 0 Å². The lowest BCUT2D eigenvalue weighted by Gasteiger charge is -2.37. The quantitative estimate of drug-likeness (QED) is 0.554. The van der Waals surface area contributed by atoms with Crippen LogP contribution in [0.15, 0.2) is 0 Å². The Morgan fingerprint density at radius 3 is 2.33 bits per heavy atom. The first kappa shape index (κ1) is 8.14. The smallest absolute Gasteiger partial charge is 0.0297 e. The van der Waals surface area contributed by atoms with E-state index < -0.39 is 0 Å². The van der Waals surface area contributed by atoms with Gasteiger partial charge in [-0.1, -0.05) is 22.6 Å². The fourth-order valence-corrected chi connectivity index (χ4v) is 4.54. The second-order valence-electron chi connectivity index (χ2n) is 2.75. The highest BCUT2D eigenvalue weighted by Crippen LogP contribution is 2.45. The second kappa shape index (κ2) is 3.44. The van der Waals surface area contributed by atoms with Gasteiger partial charge in [-0.25, -0.2) is 10.0 Å². The minimum atomic E-state index is -0.154. The highest BCUT2D eigenvalue weighted by Gasteiger charge is 2.18. The molecule has 0 radical (unpaired) electrons. The van der Waals surface area contributed by atoms with E-state index in [1.165, 1.54) is 28.4 Å². The van der Waals surface area contributed by atoms with Crippen molar-refractivity contribution in [2.75, 3.05) is 34.6 Å². The first-order chi connectivity index (χ1) is 4.27. The van der Waals surface area contributed by atoms with Crippen molar-refractivity contribution in [1.82, 2.24) is 5.32 Å². The van der Waals surface area contributed by atoms with Gasteiger partial charge >= 0.3 is 0 Å². The van der Waals surface area contributed by atoms with Crippen LogP contribution < -0.4 is 5.32 Å². The van der Waals surface area contributed by atoms with Crippen molar-refractivity contribution in [2.45, 2.75) is 0 Å². The molecule has 0 unspecified atom stereocenters. The molecule has 0 bridgehead atoms. The van der Waals surface area contributed by atoms with Crippen LogP contribution in [0.5, 0.6) is 0 Å². The summed E-state index contributed by atoms with van der Waals surface area (Å²) < 4.78 is 1.40. The third-order valence-corrected chi connectivity index (χ3v) is 9.22. The first-order valence-electron chi connectivity index (χ1n) is 3.25. The molecule has 1 saturated heterocycles. The van der Waals surface area contributed by atoms with Crippen LogP contribution in [0.1, 0.15) is 0 Å². The van der Waals surface area contributed by atoms with Crippen molar-refractivity contribution in [3.63, 3.8) is 0 Å². The number of hydrogen-bond acceptors (Lipinski definition) is 1. The molecular formula is C6H14INS. The standard InChI is InChI=1S/C6H14INS/c1-9(6-7)4-2-8-3-5-9/h8H,2-6H2,1H3. The SMILES string of the molecule is CS1(CI)CCNCC1. The van der Waals surface area contributed by atoms with Crippen molar-refractivity contribution >= 4 is 32.6 Å². The van der Waals surface area contributed by atoms with Crippen molar-refractivity contribution < 1.29 is 0 Å². The minimum Gasteiger partial charge on any atom is -0.315 e. The number of halogens is 1. The number of alkyl halides is 1. The van der Waals surface area contributed by atoms with E-state index in [0.29, 0.717) is 0 Å². The minimum absolute atomic E-state index is 0.154.